The average Bonchev–Trinajstić information content (AvgIpc) is 2.73. The summed E-state index contributed by atoms with van der Waals surface area (Å²) in [5, 5.41) is 4.13. The monoisotopic (exact) mass is 372 g/mol. The summed E-state index contributed by atoms with van der Waals surface area (Å²) in [5.41, 5.74) is 5.63. The Hall–Kier alpha value is -3.80. The average molecular weight is 372 g/mol. The van der Waals surface area contributed by atoms with E-state index >= 15 is 0 Å². The molecule has 140 valence electrons. The molecule has 0 radical (unpaired) electrons. The zero-order valence-corrected chi connectivity index (χ0v) is 15.4. The van der Waals surface area contributed by atoms with E-state index in [-0.39, 0.29) is 5.91 Å². The standard InChI is InChI=1S/C22H20N4O2/c1-25-19-15-9-8-14-18(19)21(27)26(20(25)16-10-4-2-5-11-16)24-22(28)23-17-12-6-3-7-13-17/h2-15,20H,1H3,(H2,23,24,28). The van der Waals surface area contributed by atoms with Crippen LogP contribution in [0.2, 0.25) is 0 Å². The molecule has 6 heteroatoms. The lowest BCUT2D eigenvalue weighted by Crippen LogP contribution is -2.56. The number of amides is 3. The number of nitrogens with zero attached hydrogens (tertiary/aromatic N) is 2. The van der Waals surface area contributed by atoms with Gasteiger partial charge in [0.2, 0.25) is 0 Å². The van der Waals surface area contributed by atoms with Crippen LogP contribution in [0.3, 0.4) is 0 Å². The lowest BCUT2D eigenvalue weighted by molar-refractivity contribution is 0.0557. The fourth-order valence-electron chi connectivity index (χ4n) is 3.41. The normalized spacial score (nSPS) is 15.8. The molecule has 4 rings (SSSR count). The molecule has 0 aliphatic carbocycles. The maximum absolute atomic E-state index is 13.2. The molecule has 1 heterocycles. The minimum Gasteiger partial charge on any atom is -0.348 e. The summed E-state index contributed by atoms with van der Waals surface area (Å²) >= 11 is 0. The molecule has 1 unspecified atom stereocenters. The van der Waals surface area contributed by atoms with E-state index in [4.69, 9.17) is 0 Å². The highest BCUT2D eigenvalue weighted by atomic mass is 16.2. The third kappa shape index (κ3) is 3.27. The predicted molar refractivity (Wildman–Crippen MR) is 109 cm³/mol. The quantitative estimate of drug-likeness (QED) is 0.730. The second-order valence-corrected chi connectivity index (χ2v) is 6.52. The van der Waals surface area contributed by atoms with Crippen molar-refractivity contribution >= 4 is 23.3 Å². The molecular formula is C22H20N4O2. The van der Waals surface area contributed by atoms with Gasteiger partial charge in [-0.15, -0.1) is 0 Å². The van der Waals surface area contributed by atoms with Gasteiger partial charge in [0.1, 0.15) is 0 Å². The molecular weight excluding hydrogens is 352 g/mol. The van der Waals surface area contributed by atoms with Gasteiger partial charge in [0.05, 0.1) is 11.3 Å². The highest BCUT2D eigenvalue weighted by Gasteiger charge is 2.37. The van der Waals surface area contributed by atoms with E-state index < -0.39 is 12.2 Å². The highest BCUT2D eigenvalue weighted by Crippen LogP contribution is 2.36. The molecule has 0 fully saturated rings. The number of nitrogens with one attached hydrogen (secondary N) is 2. The number of anilines is 2. The van der Waals surface area contributed by atoms with Gasteiger partial charge >= 0.3 is 6.03 Å². The minimum absolute atomic E-state index is 0.259. The lowest BCUT2D eigenvalue weighted by atomic mass is 10.0. The molecule has 28 heavy (non-hydrogen) atoms. The van der Waals surface area contributed by atoms with Crippen molar-refractivity contribution in [2.75, 3.05) is 17.3 Å². The molecule has 1 aliphatic heterocycles. The van der Waals surface area contributed by atoms with Gasteiger partial charge in [0.15, 0.2) is 6.17 Å². The highest BCUT2D eigenvalue weighted by molar-refractivity contribution is 6.03. The Bertz CT molecular complexity index is 992. The van der Waals surface area contributed by atoms with E-state index in [1.165, 1.54) is 5.01 Å². The molecule has 3 aromatic rings. The first-order chi connectivity index (χ1) is 13.6. The van der Waals surface area contributed by atoms with Gasteiger partial charge in [-0.3, -0.25) is 4.79 Å². The number of carbonyl (C=O) groups is 2. The van der Waals surface area contributed by atoms with Gasteiger partial charge in [-0.1, -0.05) is 60.7 Å². The number of hydrazine groups is 1. The van der Waals surface area contributed by atoms with Gasteiger partial charge in [-0.05, 0) is 29.8 Å². The molecule has 1 aliphatic rings. The van der Waals surface area contributed by atoms with E-state index in [9.17, 15) is 9.59 Å². The molecule has 2 N–H and O–H groups in total. The first-order valence-electron chi connectivity index (χ1n) is 8.98. The van der Waals surface area contributed by atoms with Crippen LogP contribution in [0.5, 0.6) is 0 Å². The molecule has 1 atom stereocenters. The summed E-state index contributed by atoms with van der Waals surface area (Å²) in [6, 6.07) is 25.6. The Morgan fingerprint density at radius 1 is 0.857 bits per heavy atom. The number of hydrogen-bond acceptors (Lipinski definition) is 3. The van der Waals surface area contributed by atoms with Crippen LogP contribution in [-0.4, -0.2) is 24.0 Å². The van der Waals surface area contributed by atoms with E-state index in [1.54, 1.807) is 18.2 Å². The zero-order chi connectivity index (χ0) is 19.5. The summed E-state index contributed by atoms with van der Waals surface area (Å²) in [6.07, 6.45) is -0.467. The van der Waals surface area contributed by atoms with Crippen molar-refractivity contribution in [1.82, 2.24) is 10.4 Å². The first-order valence-corrected chi connectivity index (χ1v) is 8.98. The fourth-order valence-corrected chi connectivity index (χ4v) is 3.41. The van der Waals surface area contributed by atoms with Crippen LogP contribution < -0.4 is 15.6 Å². The third-order valence-electron chi connectivity index (χ3n) is 4.70. The van der Waals surface area contributed by atoms with E-state index in [2.05, 4.69) is 10.7 Å². The van der Waals surface area contributed by atoms with Crippen molar-refractivity contribution in [3.63, 3.8) is 0 Å². The number of fused-ring (bicyclic) bond motifs is 1. The number of urea groups is 1. The smallest absolute Gasteiger partial charge is 0.338 e. The van der Waals surface area contributed by atoms with Crippen LogP contribution >= 0.6 is 0 Å². The Morgan fingerprint density at radius 3 is 2.18 bits per heavy atom. The van der Waals surface area contributed by atoms with Crippen molar-refractivity contribution < 1.29 is 9.59 Å². The summed E-state index contributed by atoms with van der Waals surface area (Å²) < 4.78 is 0. The largest absolute Gasteiger partial charge is 0.348 e. The Morgan fingerprint density at radius 2 is 1.46 bits per heavy atom. The number of para-hydroxylation sites is 2. The van der Waals surface area contributed by atoms with Crippen LogP contribution in [0.15, 0.2) is 84.9 Å². The second kappa shape index (κ2) is 7.44. The Balaban J connectivity index is 1.68. The second-order valence-electron chi connectivity index (χ2n) is 6.52. The number of rotatable bonds is 3. The summed E-state index contributed by atoms with van der Waals surface area (Å²) in [5.74, 6) is -0.259. The number of hydrogen-bond donors (Lipinski definition) is 2. The molecule has 0 saturated carbocycles. The maximum atomic E-state index is 13.2. The molecule has 3 aromatic carbocycles. The summed E-state index contributed by atoms with van der Waals surface area (Å²) in [7, 11) is 1.91. The number of benzene rings is 3. The topological polar surface area (TPSA) is 64.7 Å². The fraction of sp³-hybridized carbons (Fsp3) is 0.0909. The van der Waals surface area contributed by atoms with Crippen LogP contribution in [-0.2, 0) is 0 Å². The SMILES string of the molecule is CN1c2ccccc2C(=O)N(NC(=O)Nc2ccccc2)C1c1ccccc1. The maximum Gasteiger partial charge on any atom is 0.338 e. The predicted octanol–water partition coefficient (Wildman–Crippen LogP) is 4.01. The zero-order valence-electron chi connectivity index (χ0n) is 15.4. The number of carbonyl (C=O) groups excluding carboxylic acids is 2. The first kappa shape index (κ1) is 17.6. The van der Waals surface area contributed by atoms with Gasteiger partial charge in [-0.25, -0.2) is 15.2 Å². The van der Waals surface area contributed by atoms with Gasteiger partial charge in [-0.2, -0.15) is 0 Å². The van der Waals surface area contributed by atoms with Crippen molar-refractivity contribution in [3.8, 4) is 0 Å². The minimum atomic E-state index is -0.478. The summed E-state index contributed by atoms with van der Waals surface area (Å²) in [4.78, 5) is 27.8. The molecule has 0 spiro atoms. The van der Waals surface area contributed by atoms with E-state index in [0.29, 0.717) is 11.3 Å². The van der Waals surface area contributed by atoms with Gasteiger partial charge in [0, 0.05) is 12.7 Å². The molecule has 0 bridgehead atoms. The molecule has 6 nitrogen and oxygen atoms in total. The van der Waals surface area contributed by atoms with E-state index in [1.807, 2.05) is 78.7 Å². The van der Waals surface area contributed by atoms with Crippen LogP contribution in [0.4, 0.5) is 16.2 Å². The van der Waals surface area contributed by atoms with Crippen LogP contribution in [0.25, 0.3) is 0 Å². The lowest BCUT2D eigenvalue weighted by Gasteiger charge is -2.43. The van der Waals surface area contributed by atoms with E-state index in [0.717, 1.165) is 11.3 Å². The molecule has 0 saturated heterocycles. The Kier molecular flexibility index (Phi) is 4.68. The van der Waals surface area contributed by atoms with Crippen molar-refractivity contribution in [2.24, 2.45) is 0 Å². The van der Waals surface area contributed by atoms with Gasteiger partial charge < -0.3 is 10.2 Å². The summed E-state index contributed by atoms with van der Waals surface area (Å²) in [6.45, 7) is 0. The Labute approximate surface area is 163 Å². The van der Waals surface area contributed by atoms with Crippen LogP contribution in [0.1, 0.15) is 22.1 Å². The van der Waals surface area contributed by atoms with Crippen LogP contribution in [0, 0.1) is 0 Å². The molecule has 0 aromatic heterocycles. The van der Waals surface area contributed by atoms with Crippen molar-refractivity contribution in [3.05, 3.63) is 96.1 Å². The molecule has 3 amide bonds. The van der Waals surface area contributed by atoms with Crippen molar-refractivity contribution in [1.29, 1.82) is 0 Å². The van der Waals surface area contributed by atoms with Gasteiger partial charge in [0.25, 0.3) is 5.91 Å². The third-order valence-corrected chi connectivity index (χ3v) is 4.70. The van der Waals surface area contributed by atoms with Crippen molar-refractivity contribution in [2.45, 2.75) is 6.17 Å².